The average molecular weight is 872 g/mol. The van der Waals surface area contributed by atoms with Crippen LogP contribution in [0.4, 0.5) is 14.5 Å². The number of thiocarbonyl (C=S) groups is 1. The monoisotopic (exact) mass is 871 g/mol. The van der Waals surface area contributed by atoms with E-state index in [1.54, 1.807) is 28.8 Å². The van der Waals surface area contributed by atoms with Gasteiger partial charge in [0.2, 0.25) is 17.7 Å². The molecule has 17 heteroatoms. The fourth-order valence-electron chi connectivity index (χ4n) is 7.06. The number of halogens is 2. The summed E-state index contributed by atoms with van der Waals surface area (Å²) in [5.41, 5.74) is 10.2. The van der Waals surface area contributed by atoms with Crippen LogP contribution in [0, 0.1) is 17.8 Å². The lowest BCUT2D eigenvalue weighted by Crippen LogP contribution is -2.54. The van der Waals surface area contributed by atoms with Gasteiger partial charge in [0.25, 0.3) is 11.8 Å². The molecular weight excluding hydrogens is 825 g/mol. The number of carbonyl (C=O) groups is 5. The lowest BCUT2D eigenvalue weighted by atomic mass is 10.0. The summed E-state index contributed by atoms with van der Waals surface area (Å²) >= 11 is 5.15. The molecule has 0 radical (unpaired) electrons. The number of ether oxygens (including phenoxy) is 4. The molecule has 0 aliphatic carbocycles. The van der Waals surface area contributed by atoms with Crippen LogP contribution >= 0.6 is 12.2 Å². The number of rotatable bonds is 22. The van der Waals surface area contributed by atoms with E-state index in [9.17, 15) is 32.8 Å². The third-order valence-corrected chi connectivity index (χ3v) is 10.4. The summed E-state index contributed by atoms with van der Waals surface area (Å²) in [5, 5.41) is 5.91. The van der Waals surface area contributed by atoms with E-state index in [2.05, 4.69) is 22.5 Å². The quantitative estimate of drug-likeness (QED) is 0.0430. The van der Waals surface area contributed by atoms with Gasteiger partial charge in [0.05, 0.1) is 89.3 Å². The molecule has 326 valence electrons. The lowest BCUT2D eigenvalue weighted by Gasteiger charge is -2.27. The highest BCUT2D eigenvalue weighted by Gasteiger charge is 2.45. The number of anilines is 1. The molecule has 1 unspecified atom stereocenters. The number of carbonyl (C=O) groups excluding carboxylic acids is 5. The van der Waals surface area contributed by atoms with E-state index in [1.165, 1.54) is 6.07 Å². The second-order valence-corrected chi connectivity index (χ2v) is 15.0. The van der Waals surface area contributed by atoms with Gasteiger partial charge in [0.15, 0.2) is 0 Å². The zero-order valence-electron chi connectivity index (χ0n) is 33.9. The lowest BCUT2D eigenvalue weighted by molar-refractivity contribution is -0.136. The van der Waals surface area contributed by atoms with Crippen molar-refractivity contribution in [2.45, 2.75) is 38.3 Å². The number of imide groups is 2. The molecular formula is C45H47F2N5O9S. The summed E-state index contributed by atoms with van der Waals surface area (Å²) in [6, 6.07) is 16.6. The fourth-order valence-corrected chi connectivity index (χ4v) is 7.18. The van der Waals surface area contributed by atoms with Crippen LogP contribution in [0.5, 0.6) is 0 Å². The summed E-state index contributed by atoms with van der Waals surface area (Å²) in [7, 11) is 0. The van der Waals surface area contributed by atoms with Crippen LogP contribution in [0.3, 0.4) is 0 Å². The topological polar surface area (TPSA) is 181 Å². The highest BCUT2D eigenvalue weighted by atomic mass is 32.1. The molecule has 0 spiro atoms. The number of nitrogens with one attached hydrogen (secondary N) is 2. The predicted molar refractivity (Wildman–Crippen MR) is 230 cm³/mol. The molecule has 6 rings (SSSR count). The molecule has 1 atom stereocenters. The summed E-state index contributed by atoms with van der Waals surface area (Å²) in [5.74, 6) is 2.53. The van der Waals surface area contributed by atoms with Crippen molar-refractivity contribution in [3.05, 3.63) is 89.1 Å². The Labute approximate surface area is 362 Å². The van der Waals surface area contributed by atoms with E-state index in [0.717, 1.165) is 21.4 Å². The largest absolute Gasteiger partial charge is 0.389 e. The van der Waals surface area contributed by atoms with Crippen LogP contribution in [0.25, 0.3) is 22.0 Å². The van der Waals surface area contributed by atoms with Crippen LogP contribution in [0.1, 0.15) is 57.5 Å². The van der Waals surface area contributed by atoms with Crippen molar-refractivity contribution < 1.29 is 51.7 Å². The van der Waals surface area contributed by atoms with Crippen LogP contribution in [-0.2, 0) is 39.9 Å². The Hall–Kier alpha value is -5.90. The van der Waals surface area contributed by atoms with Gasteiger partial charge in [0, 0.05) is 59.3 Å². The van der Waals surface area contributed by atoms with Crippen LogP contribution in [0.2, 0.25) is 0 Å². The van der Waals surface area contributed by atoms with Crippen molar-refractivity contribution in [1.82, 2.24) is 14.8 Å². The first-order valence-electron chi connectivity index (χ1n) is 20.2. The molecule has 1 saturated heterocycles. The molecule has 3 aromatic carbocycles. The normalized spacial score (nSPS) is 14.9. The number of piperidine rings is 1. The van der Waals surface area contributed by atoms with Crippen molar-refractivity contribution in [3.63, 3.8) is 0 Å². The number of hydrogen-bond donors (Lipinski definition) is 3. The average Bonchev–Trinajstić information content (AvgIpc) is 3.75. The van der Waals surface area contributed by atoms with Gasteiger partial charge in [-0.05, 0) is 42.3 Å². The number of alkyl halides is 2. The molecule has 1 fully saturated rings. The zero-order valence-corrected chi connectivity index (χ0v) is 34.7. The van der Waals surface area contributed by atoms with Gasteiger partial charge >= 0.3 is 0 Å². The van der Waals surface area contributed by atoms with E-state index in [1.807, 2.05) is 36.5 Å². The first kappa shape index (κ1) is 45.6. The highest BCUT2D eigenvalue weighted by molar-refractivity contribution is 7.80. The van der Waals surface area contributed by atoms with E-state index in [4.69, 9.17) is 36.9 Å². The molecule has 4 aromatic rings. The van der Waals surface area contributed by atoms with Crippen molar-refractivity contribution in [2.24, 2.45) is 11.7 Å². The maximum atomic E-state index is 13.5. The summed E-state index contributed by atoms with van der Waals surface area (Å²) in [4.78, 5) is 64.0. The molecule has 3 heterocycles. The molecule has 62 heavy (non-hydrogen) atoms. The molecule has 2 aliphatic heterocycles. The fraction of sp³-hybridized carbons (Fsp3) is 0.378. The highest BCUT2D eigenvalue weighted by Crippen LogP contribution is 2.34. The molecule has 4 N–H and O–H groups in total. The van der Waals surface area contributed by atoms with Crippen LogP contribution in [0.15, 0.2) is 66.9 Å². The minimum atomic E-state index is -1.04. The molecule has 5 amide bonds. The number of fused-ring (bicyclic) bond motifs is 2. The van der Waals surface area contributed by atoms with Crippen molar-refractivity contribution in [2.75, 3.05) is 71.5 Å². The number of benzene rings is 3. The van der Waals surface area contributed by atoms with E-state index in [-0.39, 0.29) is 61.0 Å². The maximum absolute atomic E-state index is 13.5. The summed E-state index contributed by atoms with van der Waals surface area (Å²) in [6.07, 6.45) is 2.45. The SMILES string of the molecule is NC(=S)c1cccc(-c2cn(CC(CF)CF)c3cc(NC(=O)CCOCCOCCOCCOCCC#Cc4cccc5c4C(=O)N(C4CCC(=O)NC4=O)C5=O)ccc23)c1. The Morgan fingerprint density at radius 2 is 1.56 bits per heavy atom. The van der Waals surface area contributed by atoms with Crippen LogP contribution in [-0.4, -0.2) is 116 Å². The number of nitrogens with zero attached hydrogens (tertiary/aromatic N) is 2. The van der Waals surface area contributed by atoms with Gasteiger partial charge in [0.1, 0.15) is 11.0 Å². The molecule has 1 aromatic heterocycles. The van der Waals surface area contributed by atoms with E-state index < -0.39 is 48.9 Å². The zero-order chi connectivity index (χ0) is 44.0. The predicted octanol–water partition coefficient (Wildman–Crippen LogP) is 4.74. The van der Waals surface area contributed by atoms with E-state index >= 15 is 0 Å². The van der Waals surface area contributed by atoms with Gasteiger partial charge < -0.3 is 34.6 Å². The number of nitrogens with two attached hydrogens (primary N) is 1. The number of hydrogen-bond acceptors (Lipinski definition) is 10. The van der Waals surface area contributed by atoms with Gasteiger partial charge in [-0.3, -0.25) is 43.0 Å². The Kier molecular flexibility index (Phi) is 16.4. The summed E-state index contributed by atoms with van der Waals surface area (Å²) in [6.45, 7) is 0.985. The van der Waals surface area contributed by atoms with Gasteiger partial charge in [-0.2, -0.15) is 0 Å². The smallest absolute Gasteiger partial charge is 0.263 e. The Balaban J connectivity index is 0.831. The molecule has 14 nitrogen and oxygen atoms in total. The first-order chi connectivity index (χ1) is 30.1. The van der Waals surface area contributed by atoms with E-state index in [0.29, 0.717) is 68.4 Å². The number of amides is 5. The molecule has 0 bridgehead atoms. The third-order valence-electron chi connectivity index (χ3n) is 10.2. The second-order valence-electron chi connectivity index (χ2n) is 14.5. The Morgan fingerprint density at radius 1 is 0.871 bits per heavy atom. The van der Waals surface area contributed by atoms with Gasteiger partial charge in [-0.25, -0.2) is 0 Å². The first-order valence-corrected chi connectivity index (χ1v) is 20.6. The number of aromatic nitrogens is 1. The van der Waals surface area contributed by atoms with Gasteiger partial charge in [-0.1, -0.05) is 54.4 Å². The van der Waals surface area contributed by atoms with Crippen molar-refractivity contribution in [3.8, 4) is 23.0 Å². The standard InChI is InChI=1S/C45H47F2N5O9S/c46-25-29(26-47)27-51-28-36(31-7-3-8-32(23-31)42(48)62)34-11-10-33(24-38(34)51)49-40(54)14-16-59-18-20-61-22-21-60-19-17-58-15-2-1-5-30-6-4-9-35-41(30)45(57)52(44(35)56)37-12-13-39(53)50-43(37)55/h3-4,6-11,23-24,28-29,37H,2,12-22,25-27H2,(H2,48,62)(H,49,54)(H,50,53,55). The minimum absolute atomic E-state index is 0.0415. The minimum Gasteiger partial charge on any atom is -0.389 e. The molecule has 0 saturated carbocycles. The second kappa shape index (κ2) is 22.3. The van der Waals surface area contributed by atoms with Crippen molar-refractivity contribution in [1.29, 1.82) is 0 Å². The third kappa shape index (κ3) is 11.5. The Morgan fingerprint density at radius 3 is 2.26 bits per heavy atom. The van der Waals surface area contributed by atoms with Crippen LogP contribution < -0.4 is 16.4 Å². The molecule has 2 aliphatic rings. The summed E-state index contributed by atoms with van der Waals surface area (Å²) < 4.78 is 51.0. The Bertz CT molecular complexity index is 2370. The van der Waals surface area contributed by atoms with Gasteiger partial charge in [-0.15, -0.1) is 0 Å². The van der Waals surface area contributed by atoms with Crippen molar-refractivity contribution >= 4 is 63.3 Å². The maximum Gasteiger partial charge on any atom is 0.263 e.